The summed E-state index contributed by atoms with van der Waals surface area (Å²) in [6.07, 6.45) is 1.30. The van der Waals surface area contributed by atoms with Gasteiger partial charge in [-0.2, -0.15) is 0 Å². The van der Waals surface area contributed by atoms with Crippen molar-refractivity contribution in [3.63, 3.8) is 0 Å². The van der Waals surface area contributed by atoms with Gasteiger partial charge in [-0.3, -0.25) is 24.2 Å². The van der Waals surface area contributed by atoms with Gasteiger partial charge in [0.05, 0.1) is 19.0 Å². The topological polar surface area (TPSA) is 268 Å². The molecule has 12 N–H and O–H groups in total. The number of nitrogens with one attached hydrogen (secondary N) is 4. The second-order valence-corrected chi connectivity index (χ2v) is 8.45. The molecule has 3 amide bonds. The molecule has 0 radical (unpaired) electrons. The highest BCUT2D eigenvalue weighted by molar-refractivity contribution is 5.94. The highest BCUT2D eigenvalue weighted by Crippen LogP contribution is 2.18. The van der Waals surface area contributed by atoms with Crippen molar-refractivity contribution in [3.8, 4) is 0 Å². The molecule has 1 heterocycles. The molecular weight excluding hydrogens is 500 g/mol. The number of para-hydroxylation sites is 1. The SMILES string of the molecule is NC(N)=NCCCC(NC(=O)C(CC(=O)O)NC(=O)CNC(=O)C(N)Cc1c[nH]c2ccccc12)C(=O)O. The Labute approximate surface area is 217 Å². The molecule has 3 unspecified atom stereocenters. The van der Waals surface area contributed by atoms with Gasteiger partial charge in [-0.25, -0.2) is 4.79 Å². The molecule has 0 bridgehead atoms. The van der Waals surface area contributed by atoms with E-state index in [-0.39, 0.29) is 31.8 Å². The lowest BCUT2D eigenvalue weighted by molar-refractivity contribution is -0.143. The number of carbonyl (C=O) groups is 5. The van der Waals surface area contributed by atoms with E-state index < -0.39 is 60.8 Å². The zero-order valence-corrected chi connectivity index (χ0v) is 20.5. The van der Waals surface area contributed by atoms with Crippen LogP contribution in [0.2, 0.25) is 0 Å². The summed E-state index contributed by atoms with van der Waals surface area (Å²) in [5.74, 6) is -5.45. The van der Waals surface area contributed by atoms with Crippen molar-refractivity contribution < 1.29 is 34.2 Å². The minimum Gasteiger partial charge on any atom is -0.481 e. The van der Waals surface area contributed by atoms with Crippen molar-refractivity contribution in [1.29, 1.82) is 0 Å². The van der Waals surface area contributed by atoms with Crippen molar-refractivity contribution in [1.82, 2.24) is 20.9 Å². The molecule has 0 fully saturated rings. The number of hydrogen-bond donors (Lipinski definition) is 9. The number of aromatic amines is 1. The third kappa shape index (κ3) is 9.42. The van der Waals surface area contributed by atoms with Gasteiger partial charge in [0.1, 0.15) is 12.1 Å². The Kier molecular flexibility index (Phi) is 11.0. The van der Waals surface area contributed by atoms with Crippen molar-refractivity contribution in [3.05, 3.63) is 36.0 Å². The number of fused-ring (bicyclic) bond motifs is 1. The lowest BCUT2D eigenvalue weighted by atomic mass is 10.1. The smallest absolute Gasteiger partial charge is 0.326 e. The van der Waals surface area contributed by atoms with Crippen LogP contribution in [0.3, 0.4) is 0 Å². The average molecular weight is 533 g/mol. The molecule has 0 saturated heterocycles. The van der Waals surface area contributed by atoms with E-state index in [0.29, 0.717) is 0 Å². The van der Waals surface area contributed by atoms with E-state index >= 15 is 0 Å². The summed E-state index contributed by atoms with van der Waals surface area (Å²) in [4.78, 5) is 66.8. The number of aromatic nitrogens is 1. The number of carboxylic acids is 2. The summed E-state index contributed by atoms with van der Waals surface area (Å²) in [7, 11) is 0. The molecule has 0 saturated carbocycles. The Balaban J connectivity index is 1.90. The van der Waals surface area contributed by atoms with Crippen LogP contribution in [0.5, 0.6) is 0 Å². The summed E-state index contributed by atoms with van der Waals surface area (Å²) in [6, 6.07) is 3.54. The van der Waals surface area contributed by atoms with Crippen LogP contribution >= 0.6 is 0 Å². The van der Waals surface area contributed by atoms with E-state index in [1.54, 1.807) is 6.20 Å². The van der Waals surface area contributed by atoms with E-state index in [0.717, 1.165) is 16.5 Å². The zero-order valence-electron chi connectivity index (χ0n) is 20.5. The van der Waals surface area contributed by atoms with E-state index in [4.69, 9.17) is 22.3 Å². The number of benzene rings is 1. The van der Waals surface area contributed by atoms with Crippen LogP contribution in [0.1, 0.15) is 24.8 Å². The molecule has 0 aliphatic rings. The van der Waals surface area contributed by atoms with Crippen LogP contribution < -0.4 is 33.2 Å². The number of guanidine groups is 1. The molecule has 3 atom stereocenters. The molecule has 0 spiro atoms. The first kappa shape index (κ1) is 29.6. The number of nitrogens with two attached hydrogens (primary N) is 3. The number of rotatable bonds is 15. The molecule has 38 heavy (non-hydrogen) atoms. The molecule has 0 aliphatic carbocycles. The average Bonchev–Trinajstić information content (AvgIpc) is 3.25. The van der Waals surface area contributed by atoms with E-state index in [2.05, 4.69) is 25.9 Å². The van der Waals surface area contributed by atoms with Gasteiger partial charge in [-0.05, 0) is 30.9 Å². The van der Waals surface area contributed by atoms with Gasteiger partial charge in [0.25, 0.3) is 0 Å². The number of carboxylic acid groups (broad SMARTS) is 2. The van der Waals surface area contributed by atoms with Gasteiger partial charge >= 0.3 is 11.9 Å². The number of H-pyrrole nitrogens is 1. The molecule has 1 aromatic heterocycles. The van der Waals surface area contributed by atoms with Crippen LogP contribution in [0, 0.1) is 0 Å². The maximum absolute atomic E-state index is 12.6. The Morgan fingerprint density at radius 2 is 1.71 bits per heavy atom. The fourth-order valence-corrected chi connectivity index (χ4v) is 3.59. The Hall–Kier alpha value is -4.66. The molecule has 15 nitrogen and oxygen atoms in total. The van der Waals surface area contributed by atoms with Gasteiger partial charge in [0.2, 0.25) is 17.7 Å². The van der Waals surface area contributed by atoms with Gasteiger partial charge < -0.3 is 48.3 Å². The summed E-state index contributed by atoms with van der Waals surface area (Å²) in [5.41, 5.74) is 18.1. The van der Waals surface area contributed by atoms with Gasteiger partial charge in [-0.1, -0.05) is 18.2 Å². The standard InChI is InChI=1S/C23H32N8O7/c24-14(8-12-10-28-15-5-2-1-4-13(12)15)20(35)29-11-18(32)30-17(9-19(33)34)21(36)31-16(22(37)38)6-3-7-27-23(25)26/h1-2,4-5,10,14,16-17,28H,3,6-9,11,24H2,(H,29,35)(H,30,32)(H,31,36)(H,33,34)(H,37,38)(H4,25,26,27). The molecule has 206 valence electrons. The fourth-order valence-electron chi connectivity index (χ4n) is 3.59. The van der Waals surface area contributed by atoms with Crippen LogP contribution in [0.15, 0.2) is 35.5 Å². The maximum atomic E-state index is 12.6. The number of carbonyl (C=O) groups excluding carboxylic acids is 3. The number of aliphatic carboxylic acids is 2. The molecule has 15 heteroatoms. The first-order valence-electron chi connectivity index (χ1n) is 11.7. The van der Waals surface area contributed by atoms with Gasteiger partial charge in [0, 0.05) is 23.6 Å². The summed E-state index contributed by atoms with van der Waals surface area (Å²) < 4.78 is 0. The highest BCUT2D eigenvalue weighted by atomic mass is 16.4. The van der Waals surface area contributed by atoms with Crippen molar-refractivity contribution in [2.45, 2.75) is 43.8 Å². The number of nitrogens with zero attached hydrogens (tertiary/aromatic N) is 1. The largest absolute Gasteiger partial charge is 0.481 e. The summed E-state index contributed by atoms with van der Waals surface area (Å²) >= 11 is 0. The lowest BCUT2D eigenvalue weighted by Crippen LogP contribution is -2.54. The molecule has 1 aromatic carbocycles. The third-order valence-corrected chi connectivity index (χ3v) is 5.47. The van der Waals surface area contributed by atoms with E-state index in [1.807, 2.05) is 24.3 Å². The normalized spacial score (nSPS) is 13.1. The summed E-state index contributed by atoms with van der Waals surface area (Å²) in [5, 5.41) is 26.1. The first-order valence-corrected chi connectivity index (χ1v) is 11.7. The molecule has 0 aliphatic heterocycles. The molecule has 2 rings (SSSR count). The lowest BCUT2D eigenvalue weighted by Gasteiger charge is -2.20. The number of hydrogen-bond acceptors (Lipinski definition) is 7. The number of aliphatic imine (C=N–C) groups is 1. The van der Waals surface area contributed by atoms with Crippen LogP contribution in [-0.4, -0.2) is 82.0 Å². The monoisotopic (exact) mass is 532 g/mol. The number of amides is 3. The van der Waals surface area contributed by atoms with E-state index in [9.17, 15) is 29.1 Å². The second kappa shape index (κ2) is 14.2. The first-order chi connectivity index (χ1) is 18.0. The maximum Gasteiger partial charge on any atom is 0.326 e. The van der Waals surface area contributed by atoms with Crippen LogP contribution in [0.25, 0.3) is 10.9 Å². The molecular formula is C23H32N8O7. The van der Waals surface area contributed by atoms with Crippen molar-refractivity contribution in [2.24, 2.45) is 22.2 Å². The Morgan fingerprint density at radius 3 is 2.37 bits per heavy atom. The van der Waals surface area contributed by atoms with Crippen LogP contribution in [0.4, 0.5) is 0 Å². The minimum absolute atomic E-state index is 0.0457. The predicted molar refractivity (Wildman–Crippen MR) is 137 cm³/mol. The zero-order chi connectivity index (χ0) is 28.2. The Bertz CT molecular complexity index is 1190. The van der Waals surface area contributed by atoms with Gasteiger partial charge in [0.15, 0.2) is 5.96 Å². The predicted octanol–water partition coefficient (Wildman–Crippen LogP) is -2.26. The van der Waals surface area contributed by atoms with Crippen LogP contribution in [-0.2, 0) is 30.4 Å². The minimum atomic E-state index is -1.59. The highest BCUT2D eigenvalue weighted by Gasteiger charge is 2.28. The molecule has 2 aromatic rings. The third-order valence-electron chi connectivity index (χ3n) is 5.47. The van der Waals surface area contributed by atoms with Crippen molar-refractivity contribution >= 4 is 46.5 Å². The van der Waals surface area contributed by atoms with Crippen molar-refractivity contribution in [2.75, 3.05) is 13.1 Å². The Morgan fingerprint density at radius 1 is 1.00 bits per heavy atom. The quantitative estimate of drug-likeness (QED) is 0.0674. The van der Waals surface area contributed by atoms with E-state index in [1.165, 1.54) is 0 Å². The fraction of sp³-hybridized carbons (Fsp3) is 0.391. The second-order valence-electron chi connectivity index (χ2n) is 8.45. The van der Waals surface area contributed by atoms with Gasteiger partial charge in [-0.15, -0.1) is 0 Å². The summed E-state index contributed by atoms with van der Waals surface area (Å²) in [6.45, 7) is -0.454.